The smallest absolute Gasteiger partial charge is 0.310 e. The first-order valence-electron chi connectivity index (χ1n) is 4.86. The molecule has 0 atom stereocenters. The van der Waals surface area contributed by atoms with Crippen LogP contribution in [-0.2, 0) is 11.4 Å². The zero-order valence-electron chi connectivity index (χ0n) is 8.55. The van der Waals surface area contributed by atoms with Gasteiger partial charge in [0, 0.05) is 0 Å². The van der Waals surface area contributed by atoms with Crippen LogP contribution in [0.3, 0.4) is 0 Å². The first kappa shape index (κ1) is 10.4. The van der Waals surface area contributed by atoms with Crippen LogP contribution in [0.4, 0.5) is 0 Å². The van der Waals surface area contributed by atoms with Gasteiger partial charge in [0.1, 0.15) is 0 Å². The average molecular weight is 217 g/mol. The Bertz CT molecular complexity index is 437. The van der Waals surface area contributed by atoms with Crippen molar-refractivity contribution in [3.8, 4) is 0 Å². The van der Waals surface area contributed by atoms with E-state index < -0.39 is 0 Å². The number of benzene rings is 1. The maximum absolute atomic E-state index is 11.4. The lowest BCUT2D eigenvalue weighted by atomic mass is 10.2. The van der Waals surface area contributed by atoms with Gasteiger partial charge in [-0.3, -0.25) is 9.63 Å². The van der Waals surface area contributed by atoms with Crippen molar-refractivity contribution in [2.45, 2.75) is 6.61 Å². The van der Waals surface area contributed by atoms with Crippen LogP contribution in [0, 0.1) is 0 Å². The van der Waals surface area contributed by atoms with Crippen molar-refractivity contribution >= 4 is 5.91 Å². The number of carbonyl (C=O) groups is 1. The van der Waals surface area contributed by atoms with Crippen LogP contribution in [0.25, 0.3) is 0 Å². The van der Waals surface area contributed by atoms with Crippen molar-refractivity contribution in [3.05, 3.63) is 60.1 Å². The minimum atomic E-state index is -0.388. The second-order valence-electron chi connectivity index (χ2n) is 3.18. The van der Waals surface area contributed by atoms with Gasteiger partial charge in [-0.05, 0) is 17.7 Å². The lowest BCUT2D eigenvalue weighted by Crippen LogP contribution is -2.22. The molecular weight excluding hydrogens is 206 g/mol. The van der Waals surface area contributed by atoms with Crippen LogP contribution in [0.2, 0.25) is 0 Å². The molecule has 0 aliphatic carbocycles. The second kappa shape index (κ2) is 5.14. The molecule has 0 aliphatic heterocycles. The standard InChI is InChI=1S/C12H11NO3/c14-12(11-7-4-8-15-11)13-16-9-10-5-2-1-3-6-10/h1-8H,9H2,(H,13,14). The van der Waals surface area contributed by atoms with E-state index in [1.54, 1.807) is 12.1 Å². The predicted molar refractivity (Wildman–Crippen MR) is 57.4 cm³/mol. The third-order valence-electron chi connectivity index (χ3n) is 1.99. The summed E-state index contributed by atoms with van der Waals surface area (Å²) in [6, 6.07) is 12.8. The van der Waals surface area contributed by atoms with E-state index >= 15 is 0 Å². The normalized spacial score (nSPS) is 10.0. The molecule has 1 amide bonds. The average Bonchev–Trinajstić information content (AvgIpc) is 2.84. The molecule has 0 unspecified atom stereocenters. The lowest BCUT2D eigenvalue weighted by molar-refractivity contribution is 0.0212. The van der Waals surface area contributed by atoms with Crippen LogP contribution in [0.15, 0.2) is 53.1 Å². The third-order valence-corrected chi connectivity index (χ3v) is 1.99. The molecule has 0 bridgehead atoms. The summed E-state index contributed by atoms with van der Waals surface area (Å²) >= 11 is 0. The fraction of sp³-hybridized carbons (Fsp3) is 0.0833. The molecule has 0 fully saturated rings. The minimum absolute atomic E-state index is 0.230. The third kappa shape index (κ3) is 2.71. The molecule has 4 nitrogen and oxygen atoms in total. The number of furan rings is 1. The molecule has 1 N–H and O–H groups in total. The molecule has 1 heterocycles. The van der Waals surface area contributed by atoms with Gasteiger partial charge in [-0.15, -0.1) is 0 Å². The highest BCUT2D eigenvalue weighted by Gasteiger charge is 2.07. The summed E-state index contributed by atoms with van der Waals surface area (Å²) in [6.07, 6.45) is 1.44. The van der Waals surface area contributed by atoms with Crippen molar-refractivity contribution in [2.75, 3.05) is 0 Å². The molecule has 1 aromatic heterocycles. The molecule has 0 spiro atoms. The topological polar surface area (TPSA) is 51.5 Å². The summed E-state index contributed by atoms with van der Waals surface area (Å²) in [6.45, 7) is 0.327. The van der Waals surface area contributed by atoms with Crippen molar-refractivity contribution in [1.29, 1.82) is 0 Å². The number of hydrogen-bond donors (Lipinski definition) is 1. The quantitative estimate of drug-likeness (QED) is 0.798. The van der Waals surface area contributed by atoms with Crippen LogP contribution < -0.4 is 5.48 Å². The maximum Gasteiger partial charge on any atom is 0.310 e. The Hall–Kier alpha value is -2.07. The van der Waals surface area contributed by atoms with E-state index in [9.17, 15) is 4.79 Å². The number of hydrogen-bond acceptors (Lipinski definition) is 3. The van der Waals surface area contributed by atoms with Crippen LogP contribution in [0.5, 0.6) is 0 Å². The monoisotopic (exact) mass is 217 g/mol. The minimum Gasteiger partial charge on any atom is -0.459 e. The van der Waals surface area contributed by atoms with Crippen LogP contribution >= 0.6 is 0 Å². The molecular formula is C12H11NO3. The second-order valence-corrected chi connectivity index (χ2v) is 3.18. The Labute approximate surface area is 92.8 Å². The number of rotatable bonds is 4. The highest BCUT2D eigenvalue weighted by atomic mass is 16.7. The SMILES string of the molecule is O=C(NOCc1ccccc1)c1ccco1. The summed E-state index contributed by atoms with van der Waals surface area (Å²) in [5.74, 6) is -0.158. The maximum atomic E-state index is 11.4. The zero-order valence-corrected chi connectivity index (χ0v) is 8.55. The van der Waals surface area contributed by atoms with Gasteiger partial charge in [-0.25, -0.2) is 5.48 Å². The number of amides is 1. The van der Waals surface area contributed by atoms with E-state index in [2.05, 4.69) is 5.48 Å². The van der Waals surface area contributed by atoms with Gasteiger partial charge in [0.2, 0.25) is 0 Å². The van der Waals surface area contributed by atoms with Gasteiger partial charge in [0.05, 0.1) is 12.9 Å². The van der Waals surface area contributed by atoms with Gasteiger partial charge >= 0.3 is 5.91 Å². The summed E-state index contributed by atoms with van der Waals surface area (Å²) in [7, 11) is 0. The van der Waals surface area contributed by atoms with Crippen molar-refractivity contribution < 1.29 is 14.0 Å². The van der Waals surface area contributed by atoms with E-state index in [-0.39, 0.29) is 11.7 Å². The molecule has 1 aromatic carbocycles. The Kier molecular flexibility index (Phi) is 3.35. The summed E-state index contributed by atoms with van der Waals surface area (Å²) in [5, 5.41) is 0. The molecule has 2 rings (SSSR count). The van der Waals surface area contributed by atoms with E-state index in [0.29, 0.717) is 6.61 Å². The van der Waals surface area contributed by atoms with E-state index in [1.807, 2.05) is 30.3 Å². The summed E-state index contributed by atoms with van der Waals surface area (Å²) in [4.78, 5) is 16.4. The van der Waals surface area contributed by atoms with Gasteiger partial charge in [-0.2, -0.15) is 0 Å². The molecule has 2 aromatic rings. The Morgan fingerprint density at radius 3 is 2.69 bits per heavy atom. The largest absolute Gasteiger partial charge is 0.459 e. The number of nitrogens with one attached hydrogen (secondary N) is 1. The van der Waals surface area contributed by atoms with Crippen LogP contribution in [0.1, 0.15) is 16.1 Å². The predicted octanol–water partition coefficient (Wildman–Crippen LogP) is 2.14. The molecule has 82 valence electrons. The van der Waals surface area contributed by atoms with Crippen molar-refractivity contribution in [1.82, 2.24) is 5.48 Å². The molecule has 0 radical (unpaired) electrons. The molecule has 16 heavy (non-hydrogen) atoms. The Morgan fingerprint density at radius 2 is 2.00 bits per heavy atom. The van der Waals surface area contributed by atoms with Crippen molar-refractivity contribution in [3.63, 3.8) is 0 Å². The Balaban J connectivity index is 1.79. The first-order valence-corrected chi connectivity index (χ1v) is 4.86. The number of carbonyl (C=O) groups excluding carboxylic acids is 1. The van der Waals surface area contributed by atoms with Crippen molar-refractivity contribution in [2.24, 2.45) is 0 Å². The molecule has 0 saturated heterocycles. The summed E-state index contributed by atoms with van der Waals surface area (Å²) in [5.41, 5.74) is 3.29. The van der Waals surface area contributed by atoms with E-state index in [0.717, 1.165) is 5.56 Å². The van der Waals surface area contributed by atoms with Gasteiger partial charge in [0.25, 0.3) is 0 Å². The lowest BCUT2D eigenvalue weighted by Gasteiger charge is -2.03. The number of hydroxylamine groups is 1. The highest BCUT2D eigenvalue weighted by molar-refractivity contribution is 5.90. The fourth-order valence-corrected chi connectivity index (χ4v) is 1.22. The van der Waals surface area contributed by atoms with Gasteiger partial charge in [-0.1, -0.05) is 30.3 Å². The summed E-state index contributed by atoms with van der Waals surface area (Å²) < 4.78 is 4.91. The first-order chi connectivity index (χ1) is 7.86. The highest BCUT2D eigenvalue weighted by Crippen LogP contribution is 2.01. The van der Waals surface area contributed by atoms with Gasteiger partial charge in [0.15, 0.2) is 5.76 Å². The van der Waals surface area contributed by atoms with E-state index in [1.165, 1.54) is 6.26 Å². The molecule has 4 heteroatoms. The fourth-order valence-electron chi connectivity index (χ4n) is 1.22. The van der Waals surface area contributed by atoms with E-state index in [4.69, 9.17) is 9.25 Å². The molecule has 0 aliphatic rings. The Morgan fingerprint density at radius 1 is 1.19 bits per heavy atom. The zero-order chi connectivity index (χ0) is 11.2. The molecule has 0 saturated carbocycles. The van der Waals surface area contributed by atoms with Crippen LogP contribution in [-0.4, -0.2) is 5.91 Å². The van der Waals surface area contributed by atoms with Gasteiger partial charge < -0.3 is 4.42 Å².